The Morgan fingerprint density at radius 2 is 1.71 bits per heavy atom. The number of aromatic nitrogens is 1. The van der Waals surface area contributed by atoms with Crippen molar-refractivity contribution in [2.75, 3.05) is 25.9 Å². The van der Waals surface area contributed by atoms with Gasteiger partial charge in [-0.05, 0) is 93.1 Å². The number of hydrogen-bond acceptors (Lipinski definition) is 9. The third-order valence-corrected chi connectivity index (χ3v) is 10.8. The first-order chi connectivity index (χ1) is 24.6. The second-order valence-electron chi connectivity index (χ2n) is 12.4. The SMILES string of the molecule is C/C=C(/C[C@H]1C(=O)NCc2cc(Cl)cc(Cl)c2Sc2ncccc2CN[C@H](CCCN)C(=O)N[C@@H](CCCCN)C(=O)N1C)c1ccccc1N. The summed E-state index contributed by atoms with van der Waals surface area (Å²) in [4.78, 5) is 49.4. The van der Waals surface area contributed by atoms with Crippen LogP contribution in [0.15, 0.2) is 70.7 Å². The monoisotopic (exact) mass is 754 g/mol. The average molecular weight is 756 g/mol. The minimum Gasteiger partial charge on any atom is -0.398 e. The van der Waals surface area contributed by atoms with E-state index < -0.39 is 29.9 Å². The lowest BCUT2D eigenvalue weighted by Gasteiger charge is -2.32. The highest BCUT2D eigenvalue weighted by molar-refractivity contribution is 7.99. The van der Waals surface area contributed by atoms with Crippen molar-refractivity contribution in [2.24, 2.45) is 11.5 Å². The van der Waals surface area contributed by atoms with E-state index >= 15 is 0 Å². The number of halogens is 2. The lowest BCUT2D eigenvalue weighted by molar-refractivity contribution is -0.142. The van der Waals surface area contributed by atoms with Crippen LogP contribution in [0.1, 0.15) is 62.1 Å². The normalized spacial score (nSPS) is 19.5. The molecule has 2 heterocycles. The Labute approximate surface area is 314 Å². The van der Waals surface area contributed by atoms with Gasteiger partial charge >= 0.3 is 0 Å². The molecule has 0 radical (unpaired) electrons. The zero-order valence-corrected chi connectivity index (χ0v) is 31.4. The molecule has 0 spiro atoms. The largest absolute Gasteiger partial charge is 0.398 e. The molecule has 0 saturated heterocycles. The Hall–Kier alpha value is -3.65. The summed E-state index contributed by atoms with van der Waals surface area (Å²) in [6.07, 6.45) is 6.41. The summed E-state index contributed by atoms with van der Waals surface area (Å²) in [5, 5.41) is 10.9. The maximum absolute atomic E-state index is 14.4. The molecular formula is C37H48Cl2N8O3S. The van der Waals surface area contributed by atoms with Crippen LogP contribution in [-0.2, 0) is 27.5 Å². The van der Waals surface area contributed by atoms with Crippen LogP contribution in [0, 0.1) is 0 Å². The molecule has 14 heteroatoms. The number of anilines is 1. The molecule has 0 fully saturated rings. The smallest absolute Gasteiger partial charge is 0.245 e. The number of nitrogens with zero attached hydrogens (tertiary/aromatic N) is 2. The first kappa shape index (κ1) is 40.1. The van der Waals surface area contributed by atoms with Crippen LogP contribution >= 0.6 is 35.0 Å². The number of nitrogens with two attached hydrogens (primary N) is 3. The van der Waals surface area contributed by atoms with Crippen LogP contribution in [0.2, 0.25) is 10.0 Å². The van der Waals surface area contributed by atoms with Crippen LogP contribution < -0.4 is 33.2 Å². The summed E-state index contributed by atoms with van der Waals surface area (Å²) in [7, 11) is 1.59. The number of fused-ring (bicyclic) bond motifs is 2. The number of hydrogen-bond donors (Lipinski definition) is 6. The molecular weight excluding hydrogens is 707 g/mol. The van der Waals surface area contributed by atoms with Gasteiger partial charge in [0.1, 0.15) is 17.1 Å². The van der Waals surface area contributed by atoms with E-state index in [4.69, 9.17) is 40.4 Å². The van der Waals surface area contributed by atoms with Gasteiger partial charge in [0.05, 0.1) is 11.1 Å². The first-order valence-corrected chi connectivity index (χ1v) is 18.7. The molecule has 3 amide bonds. The number of benzene rings is 2. The minimum atomic E-state index is -0.966. The van der Waals surface area contributed by atoms with Gasteiger partial charge in [-0.15, -0.1) is 0 Å². The third-order valence-electron chi connectivity index (χ3n) is 8.89. The van der Waals surface area contributed by atoms with E-state index in [0.717, 1.165) is 16.7 Å². The van der Waals surface area contributed by atoms with Crippen molar-refractivity contribution in [2.45, 2.75) is 86.6 Å². The van der Waals surface area contributed by atoms with Gasteiger partial charge in [-0.1, -0.05) is 65.3 Å². The van der Waals surface area contributed by atoms with Gasteiger partial charge in [0.15, 0.2) is 0 Å². The quantitative estimate of drug-likeness (QED) is 0.124. The average Bonchev–Trinajstić information content (AvgIpc) is 3.12. The topological polar surface area (TPSA) is 181 Å². The van der Waals surface area contributed by atoms with E-state index in [1.165, 1.54) is 16.7 Å². The zero-order chi connectivity index (χ0) is 36.9. The molecule has 1 aliphatic heterocycles. The molecule has 2 aromatic carbocycles. The van der Waals surface area contributed by atoms with E-state index in [0.29, 0.717) is 83.0 Å². The highest BCUT2D eigenvalue weighted by Crippen LogP contribution is 2.39. The number of nitrogens with one attached hydrogen (secondary N) is 3. The second kappa shape index (κ2) is 19.8. The number of amides is 3. The van der Waals surface area contributed by atoms with E-state index in [1.807, 2.05) is 43.3 Å². The molecule has 1 aromatic heterocycles. The third kappa shape index (κ3) is 10.9. The fourth-order valence-corrected chi connectivity index (χ4v) is 7.64. The van der Waals surface area contributed by atoms with Crippen LogP contribution in [-0.4, -0.2) is 65.9 Å². The molecule has 3 atom stereocenters. The minimum absolute atomic E-state index is 0.0802. The summed E-state index contributed by atoms with van der Waals surface area (Å²) < 4.78 is 0. The van der Waals surface area contributed by atoms with E-state index in [1.54, 1.807) is 31.4 Å². The number of carbonyl (C=O) groups excluding carboxylic acids is 3. The number of nitrogen functional groups attached to an aromatic ring is 1. The standard InChI is InChI=1S/C37H48Cl2N8O3S/c1-3-23(27-11-4-5-12-29(27)42)19-32-35(49)45-22-25-18-26(38)20-28(39)33(25)51-36-24(10-9-17-43-36)21-44-30(14-8-16-41)34(48)46-31(13-6-7-15-40)37(50)47(32)2/h3-5,9-12,17-18,20,30-32,44H,6-8,13-16,19,21-22,40-42H2,1-2H3,(H,45,49)(H,46,48)/b23-3-/t30-,31+,32+/m1/s1. The Bertz CT molecular complexity index is 1710. The number of rotatable bonds is 10. The molecule has 0 unspecified atom stereocenters. The van der Waals surface area contributed by atoms with E-state index in [2.05, 4.69) is 20.9 Å². The van der Waals surface area contributed by atoms with Gasteiger partial charge < -0.3 is 38.1 Å². The molecule has 0 bridgehead atoms. The Morgan fingerprint density at radius 3 is 2.43 bits per heavy atom. The first-order valence-electron chi connectivity index (χ1n) is 17.2. The molecule has 4 rings (SSSR count). The summed E-state index contributed by atoms with van der Waals surface area (Å²) in [5.41, 5.74) is 21.6. The van der Waals surface area contributed by atoms with Crippen molar-refractivity contribution in [1.29, 1.82) is 0 Å². The number of likely N-dealkylation sites (N-methyl/N-ethyl adjacent to an activating group) is 1. The molecule has 0 aliphatic carbocycles. The van der Waals surface area contributed by atoms with Gasteiger partial charge in [0.25, 0.3) is 0 Å². The molecule has 9 N–H and O–H groups in total. The molecule has 51 heavy (non-hydrogen) atoms. The maximum atomic E-state index is 14.4. The highest BCUT2D eigenvalue weighted by atomic mass is 35.5. The summed E-state index contributed by atoms with van der Waals surface area (Å²) in [6.45, 7) is 3.11. The van der Waals surface area contributed by atoms with Gasteiger partial charge in [0.2, 0.25) is 17.7 Å². The molecule has 274 valence electrons. The van der Waals surface area contributed by atoms with Crippen molar-refractivity contribution < 1.29 is 14.4 Å². The molecule has 0 saturated carbocycles. The van der Waals surface area contributed by atoms with Crippen LogP contribution in [0.5, 0.6) is 0 Å². The van der Waals surface area contributed by atoms with Gasteiger partial charge in [-0.2, -0.15) is 0 Å². The van der Waals surface area contributed by atoms with Crippen molar-refractivity contribution in [1.82, 2.24) is 25.8 Å². The molecule has 1 aliphatic rings. The van der Waals surface area contributed by atoms with Crippen LogP contribution in [0.3, 0.4) is 0 Å². The Morgan fingerprint density at radius 1 is 0.961 bits per heavy atom. The second-order valence-corrected chi connectivity index (χ2v) is 14.3. The zero-order valence-electron chi connectivity index (χ0n) is 29.1. The molecule has 3 aromatic rings. The highest BCUT2D eigenvalue weighted by Gasteiger charge is 2.34. The number of carbonyl (C=O) groups is 3. The van der Waals surface area contributed by atoms with Gasteiger partial charge in [-0.3, -0.25) is 14.4 Å². The van der Waals surface area contributed by atoms with Crippen molar-refractivity contribution in [3.8, 4) is 0 Å². The summed E-state index contributed by atoms with van der Waals surface area (Å²) >= 11 is 14.6. The van der Waals surface area contributed by atoms with Crippen molar-refractivity contribution in [3.05, 3.63) is 87.5 Å². The van der Waals surface area contributed by atoms with Gasteiger partial charge in [0, 0.05) is 53.9 Å². The van der Waals surface area contributed by atoms with Crippen LogP contribution in [0.4, 0.5) is 5.69 Å². The number of allylic oxidation sites excluding steroid dienone is 1. The fraction of sp³-hybridized carbons (Fsp3) is 0.405. The predicted molar refractivity (Wildman–Crippen MR) is 206 cm³/mol. The van der Waals surface area contributed by atoms with Crippen molar-refractivity contribution >= 4 is 63.9 Å². The van der Waals surface area contributed by atoms with E-state index in [-0.39, 0.29) is 18.9 Å². The van der Waals surface area contributed by atoms with Gasteiger partial charge in [-0.25, -0.2) is 4.98 Å². The number of unbranched alkanes of at least 4 members (excludes halogenated alkanes) is 1. The fourth-order valence-electron chi connectivity index (χ4n) is 6.00. The molecule has 11 nitrogen and oxygen atoms in total. The van der Waals surface area contributed by atoms with Crippen molar-refractivity contribution in [3.63, 3.8) is 0 Å². The lowest BCUT2D eigenvalue weighted by Crippen LogP contribution is -2.56. The maximum Gasteiger partial charge on any atom is 0.245 e. The number of para-hydroxylation sites is 1. The Balaban J connectivity index is 1.82. The predicted octanol–water partition coefficient (Wildman–Crippen LogP) is 4.88. The summed E-state index contributed by atoms with van der Waals surface area (Å²) in [6, 6.07) is 12.0. The van der Waals surface area contributed by atoms with Crippen LogP contribution in [0.25, 0.3) is 5.57 Å². The summed E-state index contributed by atoms with van der Waals surface area (Å²) in [5.74, 6) is -1.12. The lowest BCUT2D eigenvalue weighted by atomic mass is 9.95. The Kier molecular flexibility index (Phi) is 15.6. The van der Waals surface area contributed by atoms with E-state index in [9.17, 15) is 14.4 Å². The number of pyridine rings is 1.